The molecule has 0 aliphatic carbocycles. The first-order valence-electron chi connectivity index (χ1n) is 8.35. The van der Waals surface area contributed by atoms with Crippen LogP contribution in [0.1, 0.15) is 10.4 Å². The Kier molecular flexibility index (Phi) is 4.55. The van der Waals surface area contributed by atoms with Crippen molar-refractivity contribution in [1.82, 2.24) is 4.57 Å². The largest absolute Gasteiger partial charge is 0.309 e. The van der Waals surface area contributed by atoms with Crippen LogP contribution in [0, 0.1) is 0 Å². The lowest BCUT2D eigenvalue weighted by molar-refractivity contribution is 0.112. The number of benzene rings is 3. The molecule has 0 unspecified atom stereocenters. The molecule has 0 spiro atoms. The van der Waals surface area contributed by atoms with Gasteiger partial charge in [0.05, 0.1) is 11.4 Å². The number of halogens is 1. The minimum atomic E-state index is 0.679. The van der Waals surface area contributed by atoms with Crippen LogP contribution in [-0.2, 0) is 0 Å². The highest BCUT2D eigenvalue weighted by Crippen LogP contribution is 2.35. The summed E-state index contributed by atoms with van der Waals surface area (Å²) in [7, 11) is 0. The Labute approximate surface area is 160 Å². The van der Waals surface area contributed by atoms with Gasteiger partial charge in [-0.25, -0.2) is 0 Å². The van der Waals surface area contributed by atoms with E-state index in [-0.39, 0.29) is 0 Å². The third-order valence-electron chi connectivity index (χ3n) is 4.36. The van der Waals surface area contributed by atoms with Crippen LogP contribution < -0.4 is 0 Å². The molecule has 1 heterocycles. The number of hydrogen-bond acceptors (Lipinski definition) is 1. The molecular weight excluding hydrogens is 386 g/mol. The van der Waals surface area contributed by atoms with Crippen molar-refractivity contribution < 1.29 is 4.79 Å². The molecule has 2 nitrogen and oxygen atoms in total. The predicted molar refractivity (Wildman–Crippen MR) is 110 cm³/mol. The number of nitrogens with zero attached hydrogens (tertiary/aromatic N) is 1. The summed E-state index contributed by atoms with van der Waals surface area (Å²) in [6, 6.07) is 30.3. The number of aromatic nitrogens is 1. The number of hydrogen-bond donors (Lipinski definition) is 0. The van der Waals surface area contributed by atoms with Crippen LogP contribution in [0.5, 0.6) is 0 Å². The lowest BCUT2D eigenvalue weighted by atomic mass is 10.1. The van der Waals surface area contributed by atoms with E-state index >= 15 is 0 Å². The van der Waals surface area contributed by atoms with Crippen molar-refractivity contribution in [3.63, 3.8) is 0 Å². The summed E-state index contributed by atoms with van der Waals surface area (Å²) in [4.78, 5) is 11.9. The molecule has 0 bridgehead atoms. The van der Waals surface area contributed by atoms with Gasteiger partial charge in [0.25, 0.3) is 0 Å². The SMILES string of the molecule is O=Cc1cc(-c2ccccc2)n(-c2ccc(Br)cc2)c1-c1ccccc1. The minimum absolute atomic E-state index is 0.679. The first-order valence-corrected chi connectivity index (χ1v) is 9.15. The smallest absolute Gasteiger partial charge is 0.152 e. The maximum Gasteiger partial charge on any atom is 0.152 e. The molecule has 26 heavy (non-hydrogen) atoms. The highest BCUT2D eigenvalue weighted by Gasteiger charge is 2.18. The van der Waals surface area contributed by atoms with Crippen molar-refractivity contribution in [1.29, 1.82) is 0 Å². The van der Waals surface area contributed by atoms with E-state index in [0.717, 1.165) is 39.0 Å². The average Bonchev–Trinajstić information content (AvgIpc) is 3.09. The molecule has 0 fully saturated rings. The molecule has 126 valence electrons. The van der Waals surface area contributed by atoms with Gasteiger partial charge in [-0.1, -0.05) is 76.6 Å². The summed E-state index contributed by atoms with van der Waals surface area (Å²) in [5.41, 5.74) is 5.67. The second-order valence-electron chi connectivity index (χ2n) is 6.00. The van der Waals surface area contributed by atoms with Gasteiger partial charge in [0, 0.05) is 15.7 Å². The highest BCUT2D eigenvalue weighted by atomic mass is 79.9. The summed E-state index contributed by atoms with van der Waals surface area (Å²) in [5.74, 6) is 0. The second kappa shape index (κ2) is 7.14. The van der Waals surface area contributed by atoms with Crippen LogP contribution in [0.15, 0.2) is 95.5 Å². The third-order valence-corrected chi connectivity index (χ3v) is 4.89. The quantitative estimate of drug-likeness (QED) is 0.363. The number of aldehydes is 1. The normalized spacial score (nSPS) is 10.7. The van der Waals surface area contributed by atoms with Crippen LogP contribution in [0.25, 0.3) is 28.2 Å². The topological polar surface area (TPSA) is 22.0 Å². The zero-order valence-corrected chi connectivity index (χ0v) is 15.6. The van der Waals surface area contributed by atoms with E-state index in [1.807, 2.05) is 66.7 Å². The zero-order chi connectivity index (χ0) is 17.9. The monoisotopic (exact) mass is 401 g/mol. The van der Waals surface area contributed by atoms with Crippen molar-refractivity contribution in [2.45, 2.75) is 0 Å². The Morgan fingerprint density at radius 2 is 1.31 bits per heavy atom. The van der Waals surface area contributed by atoms with E-state index in [0.29, 0.717) is 5.56 Å². The average molecular weight is 402 g/mol. The number of carbonyl (C=O) groups is 1. The van der Waals surface area contributed by atoms with Crippen molar-refractivity contribution >= 4 is 22.2 Å². The lowest BCUT2D eigenvalue weighted by Crippen LogP contribution is -2.00. The van der Waals surface area contributed by atoms with Gasteiger partial charge in [0.1, 0.15) is 0 Å². The van der Waals surface area contributed by atoms with Gasteiger partial charge in [-0.2, -0.15) is 0 Å². The fourth-order valence-corrected chi connectivity index (χ4v) is 3.46. The van der Waals surface area contributed by atoms with Gasteiger partial charge in [-0.3, -0.25) is 4.79 Å². The Hall–Kier alpha value is -2.91. The molecule has 0 aliphatic rings. The van der Waals surface area contributed by atoms with Gasteiger partial charge in [-0.05, 0) is 41.5 Å². The predicted octanol–water partition coefficient (Wildman–Crippen LogP) is 6.39. The lowest BCUT2D eigenvalue weighted by Gasteiger charge is -2.15. The molecule has 3 aromatic carbocycles. The van der Waals surface area contributed by atoms with E-state index < -0.39 is 0 Å². The summed E-state index contributed by atoms with van der Waals surface area (Å²) in [6.45, 7) is 0. The van der Waals surface area contributed by atoms with Crippen LogP contribution in [0.4, 0.5) is 0 Å². The van der Waals surface area contributed by atoms with Crippen molar-refractivity contribution in [3.8, 4) is 28.2 Å². The van der Waals surface area contributed by atoms with Gasteiger partial charge in [-0.15, -0.1) is 0 Å². The molecule has 0 amide bonds. The molecule has 1 aromatic heterocycles. The first kappa shape index (κ1) is 16.6. The summed E-state index contributed by atoms with van der Waals surface area (Å²) >= 11 is 3.50. The van der Waals surface area contributed by atoms with Crippen LogP contribution in [-0.4, -0.2) is 10.9 Å². The summed E-state index contributed by atoms with van der Waals surface area (Å²) in [6.07, 6.45) is 0.935. The van der Waals surface area contributed by atoms with E-state index in [1.54, 1.807) is 0 Å². The minimum Gasteiger partial charge on any atom is -0.309 e. The van der Waals surface area contributed by atoms with Crippen molar-refractivity contribution in [2.75, 3.05) is 0 Å². The Morgan fingerprint density at radius 1 is 0.731 bits per heavy atom. The van der Waals surface area contributed by atoms with Crippen LogP contribution in [0.2, 0.25) is 0 Å². The Bertz CT molecular complexity index is 1040. The third kappa shape index (κ3) is 3.02. The van der Waals surface area contributed by atoms with Crippen LogP contribution in [0.3, 0.4) is 0 Å². The molecule has 4 rings (SSSR count). The molecule has 4 aromatic rings. The summed E-state index contributed by atoms with van der Waals surface area (Å²) in [5, 5.41) is 0. The molecule has 0 saturated carbocycles. The first-order chi connectivity index (χ1) is 12.8. The van der Waals surface area contributed by atoms with Crippen LogP contribution >= 0.6 is 15.9 Å². The van der Waals surface area contributed by atoms with Gasteiger partial charge < -0.3 is 4.57 Å². The van der Waals surface area contributed by atoms with E-state index in [9.17, 15) is 4.79 Å². The van der Waals surface area contributed by atoms with Gasteiger partial charge >= 0.3 is 0 Å². The Balaban J connectivity index is 2.06. The maximum atomic E-state index is 11.9. The molecule has 3 heteroatoms. The maximum absolute atomic E-state index is 11.9. The number of carbonyl (C=O) groups excluding carboxylic acids is 1. The fraction of sp³-hybridized carbons (Fsp3) is 0. The van der Waals surface area contributed by atoms with E-state index in [2.05, 4.69) is 44.8 Å². The summed E-state index contributed by atoms with van der Waals surface area (Å²) < 4.78 is 3.17. The molecular formula is C23H16BrNO. The van der Waals surface area contributed by atoms with E-state index in [1.165, 1.54) is 0 Å². The number of rotatable bonds is 4. The molecule has 0 N–H and O–H groups in total. The highest BCUT2D eigenvalue weighted by molar-refractivity contribution is 9.10. The molecule has 0 saturated heterocycles. The molecule has 0 radical (unpaired) electrons. The van der Waals surface area contributed by atoms with E-state index in [4.69, 9.17) is 0 Å². The van der Waals surface area contributed by atoms with Gasteiger partial charge in [0.2, 0.25) is 0 Å². The van der Waals surface area contributed by atoms with Crippen molar-refractivity contribution in [3.05, 3.63) is 101 Å². The molecule has 0 atom stereocenters. The zero-order valence-electron chi connectivity index (χ0n) is 14.0. The standard InChI is InChI=1S/C23H16BrNO/c24-20-11-13-21(14-12-20)25-22(17-7-3-1-4-8-17)15-19(16-26)23(25)18-9-5-2-6-10-18/h1-16H. The second-order valence-corrected chi connectivity index (χ2v) is 6.91. The Morgan fingerprint density at radius 3 is 1.88 bits per heavy atom. The van der Waals surface area contributed by atoms with Crippen molar-refractivity contribution in [2.24, 2.45) is 0 Å². The van der Waals surface area contributed by atoms with Gasteiger partial charge in [0.15, 0.2) is 6.29 Å². The molecule has 0 aliphatic heterocycles. The fourth-order valence-electron chi connectivity index (χ4n) is 3.19.